The molecule has 0 atom stereocenters. The molecule has 4 rings (SSSR count). The predicted octanol–water partition coefficient (Wildman–Crippen LogP) is 7.56. The average molecular weight is 392 g/mol. The van der Waals surface area contributed by atoms with Crippen molar-refractivity contribution in [3.8, 4) is 0 Å². The van der Waals surface area contributed by atoms with Crippen LogP contribution < -0.4 is 4.90 Å². The van der Waals surface area contributed by atoms with Crippen LogP contribution in [0.5, 0.6) is 0 Å². The molecule has 0 saturated heterocycles. The topological polar surface area (TPSA) is 3.24 Å². The Morgan fingerprint density at radius 3 is 1.07 bits per heavy atom. The smallest absolute Gasteiger partial charge is 0.0408 e. The molecular formula is C29H29N. The summed E-state index contributed by atoms with van der Waals surface area (Å²) in [6.45, 7) is 6.40. The maximum Gasteiger partial charge on any atom is 0.0408 e. The van der Waals surface area contributed by atoms with Crippen LogP contribution in [-0.2, 0) is 0 Å². The Labute approximate surface area is 180 Å². The van der Waals surface area contributed by atoms with Gasteiger partial charge in [-0.1, -0.05) is 89.5 Å². The van der Waals surface area contributed by atoms with Crippen LogP contribution in [0.1, 0.15) is 39.3 Å². The van der Waals surface area contributed by atoms with Gasteiger partial charge in [-0.25, -0.2) is 0 Å². The van der Waals surface area contributed by atoms with Crippen molar-refractivity contribution in [2.75, 3.05) is 11.9 Å². The van der Waals surface area contributed by atoms with Crippen LogP contribution in [0, 0.1) is 20.8 Å². The molecular weight excluding hydrogens is 362 g/mol. The third-order valence-corrected chi connectivity index (χ3v) is 5.86. The Hall–Kier alpha value is -3.32. The lowest BCUT2D eigenvalue weighted by Gasteiger charge is -2.23. The summed E-state index contributed by atoms with van der Waals surface area (Å²) in [4.78, 5) is 2.23. The molecule has 1 nitrogen and oxygen atoms in total. The maximum absolute atomic E-state index is 2.27. The SMILES string of the molecule is Cc1ccc(C(c2ccc(C)cc2)c2ccc(N(C)c3ccc(C)cc3)cc2)cc1. The fourth-order valence-electron chi connectivity index (χ4n) is 3.90. The summed E-state index contributed by atoms with van der Waals surface area (Å²) in [6, 6.07) is 35.5. The summed E-state index contributed by atoms with van der Waals surface area (Å²) in [5.74, 6) is 0.227. The van der Waals surface area contributed by atoms with Gasteiger partial charge in [-0.2, -0.15) is 0 Å². The minimum atomic E-state index is 0.227. The van der Waals surface area contributed by atoms with Crippen molar-refractivity contribution in [1.82, 2.24) is 0 Å². The molecule has 0 radical (unpaired) electrons. The van der Waals surface area contributed by atoms with Gasteiger partial charge >= 0.3 is 0 Å². The highest BCUT2D eigenvalue weighted by Gasteiger charge is 2.17. The summed E-state index contributed by atoms with van der Waals surface area (Å²) in [5.41, 5.74) is 10.2. The van der Waals surface area contributed by atoms with Crippen molar-refractivity contribution in [2.24, 2.45) is 0 Å². The highest BCUT2D eigenvalue weighted by Crippen LogP contribution is 2.34. The van der Waals surface area contributed by atoms with Gasteiger partial charge in [0.05, 0.1) is 0 Å². The molecule has 4 aromatic rings. The molecule has 0 aliphatic heterocycles. The number of aryl methyl sites for hydroxylation is 3. The Morgan fingerprint density at radius 1 is 0.433 bits per heavy atom. The first-order chi connectivity index (χ1) is 14.5. The Morgan fingerprint density at radius 2 is 0.700 bits per heavy atom. The molecule has 1 heteroatoms. The maximum atomic E-state index is 2.27. The van der Waals surface area contributed by atoms with Crippen molar-refractivity contribution in [2.45, 2.75) is 26.7 Å². The monoisotopic (exact) mass is 391 g/mol. The van der Waals surface area contributed by atoms with E-state index in [1.165, 1.54) is 44.8 Å². The Kier molecular flexibility index (Phi) is 5.72. The van der Waals surface area contributed by atoms with Crippen LogP contribution in [0.2, 0.25) is 0 Å². The van der Waals surface area contributed by atoms with E-state index in [-0.39, 0.29) is 5.92 Å². The van der Waals surface area contributed by atoms with Gasteiger partial charge in [-0.15, -0.1) is 0 Å². The summed E-state index contributed by atoms with van der Waals surface area (Å²) in [6.07, 6.45) is 0. The van der Waals surface area contributed by atoms with Gasteiger partial charge in [0.15, 0.2) is 0 Å². The number of rotatable bonds is 5. The fourth-order valence-corrected chi connectivity index (χ4v) is 3.90. The molecule has 0 spiro atoms. The van der Waals surface area contributed by atoms with Crippen LogP contribution >= 0.6 is 0 Å². The number of nitrogens with zero attached hydrogens (tertiary/aromatic N) is 1. The first-order valence-electron chi connectivity index (χ1n) is 10.5. The predicted molar refractivity (Wildman–Crippen MR) is 129 cm³/mol. The van der Waals surface area contributed by atoms with Crippen molar-refractivity contribution >= 4 is 11.4 Å². The van der Waals surface area contributed by atoms with E-state index < -0.39 is 0 Å². The van der Waals surface area contributed by atoms with Crippen LogP contribution in [-0.4, -0.2) is 7.05 Å². The van der Waals surface area contributed by atoms with E-state index in [1.54, 1.807) is 0 Å². The van der Waals surface area contributed by atoms with E-state index in [0.29, 0.717) is 0 Å². The average Bonchev–Trinajstić information content (AvgIpc) is 2.77. The Balaban J connectivity index is 1.69. The van der Waals surface area contributed by atoms with Crippen LogP contribution in [0.3, 0.4) is 0 Å². The number of benzene rings is 4. The lowest BCUT2D eigenvalue weighted by Crippen LogP contribution is -2.10. The second-order valence-corrected chi connectivity index (χ2v) is 8.24. The third-order valence-electron chi connectivity index (χ3n) is 5.86. The van der Waals surface area contributed by atoms with Gasteiger partial charge in [0, 0.05) is 24.3 Å². The molecule has 0 bridgehead atoms. The molecule has 0 N–H and O–H groups in total. The van der Waals surface area contributed by atoms with Crippen LogP contribution in [0.4, 0.5) is 11.4 Å². The number of hydrogen-bond acceptors (Lipinski definition) is 1. The second kappa shape index (κ2) is 8.59. The lowest BCUT2D eigenvalue weighted by atomic mass is 9.84. The zero-order valence-corrected chi connectivity index (χ0v) is 18.3. The highest BCUT2D eigenvalue weighted by molar-refractivity contribution is 5.63. The van der Waals surface area contributed by atoms with E-state index >= 15 is 0 Å². The minimum Gasteiger partial charge on any atom is -0.345 e. The molecule has 0 aliphatic rings. The first-order valence-corrected chi connectivity index (χ1v) is 10.5. The zero-order chi connectivity index (χ0) is 21.1. The van der Waals surface area contributed by atoms with Gasteiger partial charge in [-0.3, -0.25) is 0 Å². The molecule has 0 fully saturated rings. The Bertz CT molecular complexity index is 1040. The largest absolute Gasteiger partial charge is 0.345 e. The molecule has 0 unspecified atom stereocenters. The standard InChI is InChI=1S/C29H29N/c1-21-5-11-24(12-6-21)29(25-13-7-22(2)8-14-25)26-15-19-28(20-16-26)30(4)27-17-9-23(3)10-18-27/h5-20,29H,1-4H3. The summed E-state index contributed by atoms with van der Waals surface area (Å²) in [5, 5.41) is 0. The fraction of sp³-hybridized carbons (Fsp3) is 0.172. The zero-order valence-electron chi connectivity index (χ0n) is 18.3. The normalized spacial score (nSPS) is 11.0. The summed E-state index contributed by atoms with van der Waals surface area (Å²) in [7, 11) is 2.12. The van der Waals surface area contributed by atoms with Gasteiger partial charge in [0.1, 0.15) is 0 Å². The number of anilines is 2. The molecule has 0 heterocycles. The lowest BCUT2D eigenvalue weighted by molar-refractivity contribution is 0.973. The van der Waals surface area contributed by atoms with E-state index in [0.717, 1.165) is 0 Å². The number of hydrogen-bond donors (Lipinski definition) is 0. The molecule has 0 aromatic heterocycles. The van der Waals surface area contributed by atoms with Crippen molar-refractivity contribution < 1.29 is 0 Å². The molecule has 4 aromatic carbocycles. The molecule has 0 amide bonds. The van der Waals surface area contributed by atoms with Crippen LogP contribution in [0.25, 0.3) is 0 Å². The van der Waals surface area contributed by atoms with Crippen molar-refractivity contribution in [3.05, 3.63) is 130 Å². The van der Waals surface area contributed by atoms with Gasteiger partial charge < -0.3 is 4.90 Å². The van der Waals surface area contributed by atoms with Gasteiger partial charge in [0.2, 0.25) is 0 Å². The molecule has 30 heavy (non-hydrogen) atoms. The quantitative estimate of drug-likeness (QED) is 0.317. The van der Waals surface area contributed by atoms with Crippen molar-refractivity contribution in [1.29, 1.82) is 0 Å². The molecule has 0 saturated carbocycles. The minimum absolute atomic E-state index is 0.227. The van der Waals surface area contributed by atoms with Crippen LogP contribution in [0.15, 0.2) is 97.1 Å². The second-order valence-electron chi connectivity index (χ2n) is 8.24. The van der Waals surface area contributed by atoms with Gasteiger partial charge in [-0.05, 0) is 61.7 Å². The van der Waals surface area contributed by atoms with E-state index in [1.807, 2.05) is 0 Å². The van der Waals surface area contributed by atoms with Crippen molar-refractivity contribution in [3.63, 3.8) is 0 Å². The summed E-state index contributed by atoms with van der Waals surface area (Å²) >= 11 is 0. The molecule has 150 valence electrons. The van der Waals surface area contributed by atoms with E-state index in [2.05, 4.69) is 130 Å². The molecule has 0 aliphatic carbocycles. The van der Waals surface area contributed by atoms with Gasteiger partial charge in [0.25, 0.3) is 0 Å². The van der Waals surface area contributed by atoms with E-state index in [9.17, 15) is 0 Å². The highest BCUT2D eigenvalue weighted by atomic mass is 15.1. The third kappa shape index (κ3) is 4.31. The summed E-state index contributed by atoms with van der Waals surface area (Å²) < 4.78 is 0. The van der Waals surface area contributed by atoms with E-state index in [4.69, 9.17) is 0 Å². The first kappa shape index (κ1) is 20.0.